The Hall–Kier alpha value is -3.52. The Labute approximate surface area is 226 Å². The number of nitrogens with zero attached hydrogens (tertiary/aromatic N) is 2. The highest BCUT2D eigenvalue weighted by Crippen LogP contribution is 2.31. The zero-order chi connectivity index (χ0) is 26.4. The van der Waals surface area contributed by atoms with Gasteiger partial charge in [-0.25, -0.2) is 0 Å². The van der Waals surface area contributed by atoms with Gasteiger partial charge in [-0.05, 0) is 60.5 Å². The topological polar surface area (TPSA) is 73.9 Å². The van der Waals surface area contributed by atoms with Crippen molar-refractivity contribution in [3.63, 3.8) is 0 Å². The van der Waals surface area contributed by atoms with Gasteiger partial charge in [-0.15, -0.1) is 0 Å². The van der Waals surface area contributed by atoms with Crippen LogP contribution in [0.25, 0.3) is 0 Å². The van der Waals surface area contributed by atoms with Crippen molar-refractivity contribution in [2.45, 2.75) is 13.8 Å². The van der Waals surface area contributed by atoms with Crippen LogP contribution in [0.3, 0.4) is 0 Å². The van der Waals surface area contributed by atoms with E-state index in [9.17, 15) is 9.59 Å². The normalized spacial score (nSPS) is 13.4. The summed E-state index contributed by atoms with van der Waals surface area (Å²) in [6.07, 6.45) is 0. The zero-order valence-corrected chi connectivity index (χ0v) is 23.0. The van der Waals surface area contributed by atoms with Gasteiger partial charge in [0.05, 0.1) is 18.4 Å². The van der Waals surface area contributed by atoms with Crippen LogP contribution in [0.4, 0.5) is 17.1 Å². The molecular weight excluding hydrogens is 532 g/mol. The summed E-state index contributed by atoms with van der Waals surface area (Å²) in [6.45, 7) is 7.82. The number of rotatable bonds is 8. The van der Waals surface area contributed by atoms with Crippen LogP contribution in [0.15, 0.2) is 71.2 Å². The fourth-order valence-corrected chi connectivity index (χ4v) is 4.61. The molecule has 1 aliphatic heterocycles. The number of amides is 2. The largest absolute Gasteiger partial charge is 0.495 e. The lowest BCUT2D eigenvalue weighted by Gasteiger charge is -2.38. The van der Waals surface area contributed by atoms with Crippen LogP contribution in [0, 0.1) is 5.92 Å². The summed E-state index contributed by atoms with van der Waals surface area (Å²) in [6, 6.07) is 20.8. The lowest BCUT2D eigenvalue weighted by molar-refractivity contribution is 0.0948. The van der Waals surface area contributed by atoms with Crippen molar-refractivity contribution in [2.24, 2.45) is 5.92 Å². The number of hydrogen-bond acceptors (Lipinski definition) is 5. The van der Waals surface area contributed by atoms with Gasteiger partial charge < -0.3 is 25.2 Å². The Balaban J connectivity index is 1.54. The van der Waals surface area contributed by atoms with Crippen LogP contribution in [0.1, 0.15) is 34.6 Å². The number of halogens is 1. The lowest BCUT2D eigenvalue weighted by Crippen LogP contribution is -2.47. The molecule has 2 N–H and O–H groups in total. The van der Waals surface area contributed by atoms with Crippen LogP contribution in [0.2, 0.25) is 0 Å². The van der Waals surface area contributed by atoms with Gasteiger partial charge in [-0.3, -0.25) is 9.59 Å². The molecule has 0 aliphatic carbocycles. The molecular formula is C29H33BrN4O3. The molecule has 0 spiro atoms. The fraction of sp³-hybridized carbons (Fsp3) is 0.310. The van der Waals surface area contributed by atoms with Crippen molar-refractivity contribution in [1.29, 1.82) is 0 Å². The SMILES string of the molecule is COc1ccccc1N1CCN(c2ccc(NC(=O)c3ccc(Br)cc3)cc2C(=O)NCC(C)C)CC1. The maximum atomic E-state index is 13.2. The number of nitrogens with one attached hydrogen (secondary N) is 2. The average molecular weight is 566 g/mol. The van der Waals surface area contributed by atoms with E-state index < -0.39 is 0 Å². The molecule has 1 fully saturated rings. The van der Waals surface area contributed by atoms with Gasteiger partial charge in [0, 0.05) is 54.1 Å². The van der Waals surface area contributed by atoms with Gasteiger partial charge in [0.1, 0.15) is 5.75 Å². The number of methoxy groups -OCH3 is 1. The minimum atomic E-state index is -0.223. The molecule has 194 valence electrons. The van der Waals surface area contributed by atoms with Crippen molar-refractivity contribution in [2.75, 3.05) is 55.0 Å². The first-order valence-electron chi connectivity index (χ1n) is 12.5. The van der Waals surface area contributed by atoms with Gasteiger partial charge in [-0.1, -0.05) is 41.9 Å². The van der Waals surface area contributed by atoms with Gasteiger partial charge >= 0.3 is 0 Å². The monoisotopic (exact) mass is 564 g/mol. The summed E-state index contributed by atoms with van der Waals surface area (Å²) in [7, 11) is 1.69. The van der Waals surface area contributed by atoms with Crippen LogP contribution in [0.5, 0.6) is 5.75 Å². The van der Waals surface area contributed by atoms with E-state index in [0.717, 1.165) is 47.8 Å². The van der Waals surface area contributed by atoms with Crippen molar-refractivity contribution >= 4 is 44.8 Å². The second-order valence-corrected chi connectivity index (χ2v) is 10.4. The maximum absolute atomic E-state index is 13.2. The third kappa shape index (κ3) is 6.63. The van der Waals surface area contributed by atoms with Crippen LogP contribution >= 0.6 is 15.9 Å². The van der Waals surface area contributed by atoms with Crippen molar-refractivity contribution < 1.29 is 14.3 Å². The smallest absolute Gasteiger partial charge is 0.255 e. The van der Waals surface area contributed by atoms with Crippen LogP contribution in [-0.2, 0) is 0 Å². The molecule has 7 nitrogen and oxygen atoms in total. The summed E-state index contributed by atoms with van der Waals surface area (Å²) in [5.74, 6) is 0.822. The van der Waals surface area contributed by atoms with E-state index in [1.807, 2.05) is 42.5 Å². The first-order chi connectivity index (χ1) is 17.9. The van der Waals surface area contributed by atoms with E-state index in [1.165, 1.54) is 0 Å². The van der Waals surface area contributed by atoms with Crippen molar-refractivity contribution in [3.05, 3.63) is 82.3 Å². The highest BCUT2D eigenvalue weighted by Gasteiger charge is 2.24. The van der Waals surface area contributed by atoms with Gasteiger partial charge in [0.25, 0.3) is 11.8 Å². The number of anilines is 3. The first-order valence-corrected chi connectivity index (χ1v) is 13.3. The maximum Gasteiger partial charge on any atom is 0.255 e. The second kappa shape index (κ2) is 12.1. The van der Waals surface area contributed by atoms with E-state index in [-0.39, 0.29) is 11.8 Å². The van der Waals surface area contributed by atoms with Gasteiger partial charge in [-0.2, -0.15) is 0 Å². The zero-order valence-electron chi connectivity index (χ0n) is 21.5. The Kier molecular flexibility index (Phi) is 8.71. The van der Waals surface area contributed by atoms with E-state index in [4.69, 9.17) is 4.74 Å². The highest BCUT2D eigenvalue weighted by molar-refractivity contribution is 9.10. The Bertz CT molecular complexity index is 1240. The van der Waals surface area contributed by atoms with Gasteiger partial charge in [0.2, 0.25) is 0 Å². The van der Waals surface area contributed by atoms with Crippen LogP contribution in [-0.4, -0.2) is 51.6 Å². The standard InChI is InChI=1S/C29H33BrN4O3/c1-20(2)19-31-29(36)24-18-23(32-28(35)21-8-10-22(30)11-9-21)12-13-25(24)33-14-16-34(17-15-33)26-6-4-5-7-27(26)37-3/h4-13,18,20H,14-17,19H2,1-3H3,(H,31,36)(H,32,35). The van der Waals surface area contributed by atoms with Gasteiger partial charge in [0.15, 0.2) is 0 Å². The average Bonchev–Trinajstić information content (AvgIpc) is 2.92. The second-order valence-electron chi connectivity index (χ2n) is 9.44. The molecule has 3 aromatic rings. The molecule has 0 atom stereocenters. The third-order valence-electron chi connectivity index (χ3n) is 6.32. The summed E-state index contributed by atoms with van der Waals surface area (Å²) in [5.41, 5.74) is 3.62. The molecule has 0 radical (unpaired) electrons. The minimum absolute atomic E-state index is 0.143. The highest BCUT2D eigenvalue weighted by atomic mass is 79.9. The molecule has 1 heterocycles. The molecule has 2 amide bonds. The van der Waals surface area contributed by atoms with E-state index >= 15 is 0 Å². The number of piperazine rings is 1. The summed E-state index contributed by atoms with van der Waals surface area (Å²) < 4.78 is 6.45. The first kappa shape index (κ1) is 26.5. The van der Waals surface area contributed by atoms with E-state index in [1.54, 1.807) is 25.3 Å². The third-order valence-corrected chi connectivity index (χ3v) is 6.85. The van der Waals surface area contributed by atoms with Crippen molar-refractivity contribution in [1.82, 2.24) is 5.32 Å². The molecule has 0 aromatic heterocycles. The van der Waals surface area contributed by atoms with Crippen LogP contribution < -0.4 is 25.2 Å². The lowest BCUT2D eigenvalue weighted by atomic mass is 10.1. The van der Waals surface area contributed by atoms with E-state index in [0.29, 0.717) is 29.3 Å². The molecule has 0 unspecified atom stereocenters. The number of ether oxygens (including phenoxy) is 1. The van der Waals surface area contributed by atoms with Crippen molar-refractivity contribution in [3.8, 4) is 5.75 Å². The molecule has 1 saturated heterocycles. The minimum Gasteiger partial charge on any atom is -0.495 e. The van der Waals surface area contributed by atoms with E-state index in [2.05, 4.69) is 56.3 Å². The summed E-state index contributed by atoms with van der Waals surface area (Å²) in [5, 5.41) is 5.97. The molecule has 0 bridgehead atoms. The molecule has 37 heavy (non-hydrogen) atoms. The Morgan fingerprint density at radius 1 is 0.892 bits per heavy atom. The number of hydrogen-bond donors (Lipinski definition) is 2. The molecule has 1 aliphatic rings. The Morgan fingerprint density at radius 3 is 2.19 bits per heavy atom. The molecule has 4 rings (SSSR count). The summed E-state index contributed by atoms with van der Waals surface area (Å²) in [4.78, 5) is 30.6. The molecule has 3 aromatic carbocycles. The number of carbonyl (C=O) groups is 2. The quantitative estimate of drug-likeness (QED) is 0.382. The number of benzene rings is 3. The molecule has 8 heteroatoms. The fourth-order valence-electron chi connectivity index (χ4n) is 4.35. The number of carbonyl (C=O) groups excluding carboxylic acids is 2. The predicted molar refractivity (Wildman–Crippen MR) is 153 cm³/mol. The summed E-state index contributed by atoms with van der Waals surface area (Å²) >= 11 is 3.39. The predicted octanol–water partition coefficient (Wildman–Crippen LogP) is 5.42. The molecule has 0 saturated carbocycles. The number of para-hydroxylation sites is 2. The Morgan fingerprint density at radius 2 is 1.54 bits per heavy atom.